The Balaban J connectivity index is 1.91. The monoisotopic (exact) mass is 327 g/mol. The van der Waals surface area contributed by atoms with Gasteiger partial charge in [0.25, 0.3) is 5.91 Å². The van der Waals surface area contributed by atoms with Crippen molar-refractivity contribution >= 4 is 21.8 Å². The van der Waals surface area contributed by atoms with Gasteiger partial charge in [-0.3, -0.25) is 4.79 Å². The van der Waals surface area contributed by atoms with Gasteiger partial charge in [-0.2, -0.15) is 0 Å². The molecule has 5 heteroatoms. The number of carbonyl (C=O) groups is 1. The molecular weight excluding hydrogens is 313 g/mol. The highest BCUT2D eigenvalue weighted by atomic mass is 79.9. The minimum absolute atomic E-state index is 0.104. The van der Waals surface area contributed by atoms with Crippen LogP contribution in [0.1, 0.15) is 29.6 Å². The number of carbonyl (C=O) groups excluding carboxylic acids is 1. The van der Waals surface area contributed by atoms with Crippen LogP contribution in [0.25, 0.3) is 0 Å². The van der Waals surface area contributed by atoms with Crippen molar-refractivity contribution in [2.24, 2.45) is 0 Å². The van der Waals surface area contributed by atoms with E-state index in [0.29, 0.717) is 17.6 Å². The second-order valence-electron chi connectivity index (χ2n) is 5.00. The number of benzene rings is 1. The number of halogens is 2. The van der Waals surface area contributed by atoms with Crippen molar-refractivity contribution in [1.29, 1.82) is 0 Å². The SMILES string of the molecule is O=C(c1c(F)cccc1Br)N1CCOC2CCCC21. The zero-order valence-corrected chi connectivity index (χ0v) is 12.0. The summed E-state index contributed by atoms with van der Waals surface area (Å²) >= 11 is 3.27. The molecule has 0 radical (unpaired) electrons. The molecule has 1 aromatic carbocycles. The van der Waals surface area contributed by atoms with E-state index in [9.17, 15) is 9.18 Å². The van der Waals surface area contributed by atoms with Gasteiger partial charge in [0.1, 0.15) is 5.82 Å². The third kappa shape index (κ3) is 2.30. The molecule has 1 saturated heterocycles. The lowest BCUT2D eigenvalue weighted by Gasteiger charge is -2.37. The number of morpholine rings is 1. The molecular formula is C14H15BrFNO2. The van der Waals surface area contributed by atoms with E-state index >= 15 is 0 Å². The van der Waals surface area contributed by atoms with Crippen LogP contribution >= 0.6 is 15.9 Å². The number of fused-ring (bicyclic) bond motifs is 1. The van der Waals surface area contributed by atoms with E-state index in [1.165, 1.54) is 6.07 Å². The summed E-state index contributed by atoms with van der Waals surface area (Å²) in [6, 6.07) is 4.72. The zero-order valence-electron chi connectivity index (χ0n) is 10.4. The van der Waals surface area contributed by atoms with Gasteiger partial charge in [0.15, 0.2) is 0 Å². The van der Waals surface area contributed by atoms with Crippen LogP contribution in [0.15, 0.2) is 22.7 Å². The second-order valence-corrected chi connectivity index (χ2v) is 5.86. The maximum atomic E-state index is 13.9. The number of hydrogen-bond donors (Lipinski definition) is 0. The first-order chi connectivity index (χ1) is 9.18. The van der Waals surface area contributed by atoms with Crippen molar-refractivity contribution in [2.45, 2.75) is 31.4 Å². The molecule has 2 aliphatic rings. The molecule has 1 aliphatic carbocycles. The minimum atomic E-state index is -0.472. The largest absolute Gasteiger partial charge is 0.374 e. The van der Waals surface area contributed by atoms with Crippen LogP contribution < -0.4 is 0 Å². The molecule has 1 heterocycles. The van der Waals surface area contributed by atoms with Crippen molar-refractivity contribution < 1.29 is 13.9 Å². The van der Waals surface area contributed by atoms with Crippen molar-refractivity contribution in [3.05, 3.63) is 34.1 Å². The number of rotatable bonds is 1. The van der Waals surface area contributed by atoms with Crippen LogP contribution in [0.2, 0.25) is 0 Å². The molecule has 1 amide bonds. The van der Waals surface area contributed by atoms with Crippen LogP contribution in [-0.4, -0.2) is 36.1 Å². The fourth-order valence-electron chi connectivity index (χ4n) is 3.02. The van der Waals surface area contributed by atoms with E-state index in [4.69, 9.17) is 4.74 Å². The Labute approximate surface area is 119 Å². The summed E-state index contributed by atoms with van der Waals surface area (Å²) in [4.78, 5) is 14.4. The zero-order chi connectivity index (χ0) is 13.4. The van der Waals surface area contributed by atoms with E-state index in [1.54, 1.807) is 17.0 Å². The molecule has 1 aromatic rings. The fraction of sp³-hybridized carbons (Fsp3) is 0.500. The fourth-order valence-corrected chi connectivity index (χ4v) is 3.54. The highest BCUT2D eigenvalue weighted by molar-refractivity contribution is 9.10. The summed E-state index contributed by atoms with van der Waals surface area (Å²) < 4.78 is 20.1. The predicted molar refractivity (Wildman–Crippen MR) is 72.5 cm³/mol. The summed E-state index contributed by atoms with van der Waals surface area (Å²) in [6.45, 7) is 1.08. The van der Waals surface area contributed by atoms with Gasteiger partial charge in [0.05, 0.1) is 24.3 Å². The van der Waals surface area contributed by atoms with Crippen molar-refractivity contribution in [3.63, 3.8) is 0 Å². The Hall–Kier alpha value is -0.940. The molecule has 3 rings (SSSR count). The van der Waals surface area contributed by atoms with Gasteiger partial charge in [0.2, 0.25) is 0 Å². The highest BCUT2D eigenvalue weighted by Crippen LogP contribution is 2.32. The summed E-state index contributed by atoms with van der Waals surface area (Å²) in [5.74, 6) is -0.703. The van der Waals surface area contributed by atoms with Crippen LogP contribution in [0.4, 0.5) is 4.39 Å². The number of nitrogens with zero attached hydrogens (tertiary/aromatic N) is 1. The molecule has 102 valence electrons. The van der Waals surface area contributed by atoms with Gasteiger partial charge in [-0.1, -0.05) is 6.07 Å². The van der Waals surface area contributed by atoms with Gasteiger partial charge < -0.3 is 9.64 Å². The lowest BCUT2D eigenvalue weighted by molar-refractivity contribution is -0.0447. The molecule has 2 fully saturated rings. The molecule has 1 aliphatic heterocycles. The molecule has 0 spiro atoms. The molecule has 2 atom stereocenters. The van der Waals surface area contributed by atoms with Crippen LogP contribution in [0, 0.1) is 5.82 Å². The van der Waals surface area contributed by atoms with E-state index in [2.05, 4.69) is 15.9 Å². The van der Waals surface area contributed by atoms with E-state index in [0.717, 1.165) is 19.3 Å². The molecule has 0 N–H and O–H groups in total. The summed E-state index contributed by atoms with van der Waals surface area (Å²) in [5.41, 5.74) is 0.134. The van der Waals surface area contributed by atoms with Crippen LogP contribution in [0.5, 0.6) is 0 Å². The smallest absolute Gasteiger partial charge is 0.258 e. The maximum Gasteiger partial charge on any atom is 0.258 e. The summed E-state index contributed by atoms with van der Waals surface area (Å²) in [5, 5.41) is 0. The Morgan fingerprint density at radius 3 is 3.05 bits per heavy atom. The first kappa shape index (κ1) is 13.1. The van der Waals surface area contributed by atoms with Crippen molar-refractivity contribution in [3.8, 4) is 0 Å². The quantitative estimate of drug-likeness (QED) is 0.793. The first-order valence-corrected chi connectivity index (χ1v) is 7.34. The van der Waals surface area contributed by atoms with Gasteiger partial charge in [-0.25, -0.2) is 4.39 Å². The topological polar surface area (TPSA) is 29.5 Å². The second kappa shape index (κ2) is 5.21. The number of ether oxygens (including phenoxy) is 1. The van der Waals surface area contributed by atoms with Crippen LogP contribution in [-0.2, 0) is 4.74 Å². The Morgan fingerprint density at radius 1 is 1.42 bits per heavy atom. The van der Waals surface area contributed by atoms with Crippen molar-refractivity contribution in [2.75, 3.05) is 13.2 Å². The molecule has 0 aromatic heterocycles. The summed E-state index contributed by atoms with van der Waals surface area (Å²) in [6.07, 6.45) is 3.13. The van der Waals surface area contributed by atoms with Crippen LogP contribution in [0.3, 0.4) is 0 Å². The third-order valence-electron chi connectivity index (χ3n) is 3.92. The Bertz CT molecular complexity index is 488. The third-order valence-corrected chi connectivity index (χ3v) is 4.58. The van der Waals surface area contributed by atoms with Gasteiger partial charge in [0, 0.05) is 11.0 Å². The Morgan fingerprint density at radius 2 is 2.26 bits per heavy atom. The minimum Gasteiger partial charge on any atom is -0.374 e. The van der Waals surface area contributed by atoms with Gasteiger partial charge in [-0.15, -0.1) is 0 Å². The Kier molecular flexibility index (Phi) is 3.58. The highest BCUT2D eigenvalue weighted by Gasteiger charge is 2.39. The van der Waals surface area contributed by atoms with Gasteiger partial charge in [-0.05, 0) is 47.3 Å². The molecule has 2 unspecified atom stereocenters. The number of amides is 1. The lowest BCUT2D eigenvalue weighted by Crippen LogP contribution is -2.51. The predicted octanol–water partition coefficient (Wildman–Crippen LogP) is 2.98. The molecule has 1 saturated carbocycles. The van der Waals surface area contributed by atoms with E-state index in [1.807, 2.05) is 0 Å². The van der Waals surface area contributed by atoms with E-state index < -0.39 is 5.82 Å². The average Bonchev–Trinajstić information content (AvgIpc) is 2.86. The summed E-state index contributed by atoms with van der Waals surface area (Å²) in [7, 11) is 0. The molecule has 19 heavy (non-hydrogen) atoms. The standard InChI is InChI=1S/C14H15BrFNO2/c15-9-3-1-4-10(16)13(9)14(18)17-7-8-19-12-6-2-5-11(12)17/h1,3-4,11-12H,2,5-8H2. The van der Waals surface area contributed by atoms with E-state index in [-0.39, 0.29) is 23.6 Å². The normalized spacial score (nSPS) is 26.3. The number of hydrogen-bond acceptors (Lipinski definition) is 2. The van der Waals surface area contributed by atoms with Gasteiger partial charge >= 0.3 is 0 Å². The maximum absolute atomic E-state index is 13.9. The first-order valence-electron chi connectivity index (χ1n) is 6.55. The molecule has 3 nitrogen and oxygen atoms in total. The molecule has 0 bridgehead atoms. The lowest BCUT2D eigenvalue weighted by atomic mass is 10.1. The van der Waals surface area contributed by atoms with Crippen molar-refractivity contribution in [1.82, 2.24) is 4.90 Å². The average molecular weight is 328 g/mol.